The molecule has 1 aliphatic heterocycles. The highest BCUT2D eigenvalue weighted by Crippen LogP contribution is 2.37. The first-order chi connectivity index (χ1) is 14.3. The smallest absolute Gasteiger partial charge is 0.270 e. The van der Waals surface area contributed by atoms with Crippen LogP contribution in [0.2, 0.25) is 0 Å². The van der Waals surface area contributed by atoms with Gasteiger partial charge in [-0.2, -0.15) is 0 Å². The quantitative estimate of drug-likeness (QED) is 0.304. The molecule has 2 aromatic carbocycles. The molecule has 1 aliphatic rings. The second kappa shape index (κ2) is 9.11. The van der Waals surface area contributed by atoms with Gasteiger partial charge in [0.25, 0.3) is 11.8 Å². The van der Waals surface area contributed by atoms with Crippen LogP contribution < -0.4 is 19.7 Å². The van der Waals surface area contributed by atoms with E-state index in [1.807, 2.05) is 19.1 Å². The number of hydrogen-bond acceptors (Lipinski definition) is 5. The number of terminal acetylenes is 1. The summed E-state index contributed by atoms with van der Waals surface area (Å²) in [6.45, 7) is 2.01. The van der Waals surface area contributed by atoms with Gasteiger partial charge in [0.05, 0.1) is 17.3 Å². The van der Waals surface area contributed by atoms with Gasteiger partial charge in [0.1, 0.15) is 12.2 Å². The number of anilines is 1. The number of hydrogen-bond donors (Lipinski definition) is 1. The lowest BCUT2D eigenvalue weighted by Gasteiger charge is -2.29. The monoisotopic (exact) mass is 484 g/mol. The average Bonchev–Trinajstić information content (AvgIpc) is 2.71. The summed E-state index contributed by atoms with van der Waals surface area (Å²) in [5.74, 6) is 2.13. The van der Waals surface area contributed by atoms with Gasteiger partial charge in [-0.3, -0.25) is 19.8 Å². The van der Waals surface area contributed by atoms with Crippen LogP contribution in [0.15, 0.2) is 46.4 Å². The maximum atomic E-state index is 13.1. The SMILES string of the molecule is C#CCOc1c(Br)cc(/C=C2\C(=O)NC(=S)N(c3ccc(C)cc3)C2=O)cc1OC. The van der Waals surface area contributed by atoms with Crippen molar-refractivity contribution in [2.24, 2.45) is 0 Å². The molecule has 1 N–H and O–H groups in total. The minimum atomic E-state index is -0.573. The third-order valence-electron chi connectivity index (χ3n) is 4.26. The van der Waals surface area contributed by atoms with Gasteiger partial charge in [-0.05, 0) is 71.0 Å². The Balaban J connectivity index is 2.01. The molecule has 0 bridgehead atoms. The van der Waals surface area contributed by atoms with Crippen LogP contribution in [0.5, 0.6) is 11.5 Å². The molecule has 152 valence electrons. The van der Waals surface area contributed by atoms with E-state index in [0.29, 0.717) is 27.2 Å². The topological polar surface area (TPSA) is 67.9 Å². The van der Waals surface area contributed by atoms with Gasteiger partial charge in [-0.25, -0.2) is 0 Å². The Kier molecular flexibility index (Phi) is 6.55. The van der Waals surface area contributed by atoms with Gasteiger partial charge < -0.3 is 9.47 Å². The summed E-state index contributed by atoms with van der Waals surface area (Å²) in [6.07, 6.45) is 6.72. The van der Waals surface area contributed by atoms with Crippen LogP contribution >= 0.6 is 28.1 Å². The summed E-state index contributed by atoms with van der Waals surface area (Å²) >= 11 is 8.63. The Bertz CT molecular complexity index is 1100. The molecule has 30 heavy (non-hydrogen) atoms. The number of methoxy groups -OCH3 is 1. The molecule has 0 spiro atoms. The number of halogens is 1. The fraction of sp³-hybridized carbons (Fsp3) is 0.136. The Morgan fingerprint density at radius 2 is 1.97 bits per heavy atom. The molecule has 2 aromatic rings. The van der Waals surface area contributed by atoms with Crippen LogP contribution in [-0.2, 0) is 9.59 Å². The van der Waals surface area contributed by atoms with E-state index in [9.17, 15) is 9.59 Å². The Labute approximate surface area is 188 Å². The summed E-state index contributed by atoms with van der Waals surface area (Å²) in [5.41, 5.74) is 2.11. The Hall–Kier alpha value is -3.15. The largest absolute Gasteiger partial charge is 0.493 e. The number of aryl methyl sites for hydroxylation is 1. The first-order valence-corrected chi connectivity index (χ1v) is 9.97. The molecule has 3 rings (SSSR count). The molecule has 0 aromatic heterocycles. The van der Waals surface area contributed by atoms with Crippen LogP contribution in [-0.4, -0.2) is 30.6 Å². The highest BCUT2D eigenvalue weighted by atomic mass is 79.9. The minimum absolute atomic E-state index is 0.0304. The lowest BCUT2D eigenvalue weighted by molar-refractivity contribution is -0.122. The fourth-order valence-electron chi connectivity index (χ4n) is 2.83. The molecule has 8 heteroatoms. The zero-order chi connectivity index (χ0) is 21.8. The van der Waals surface area contributed by atoms with Crippen molar-refractivity contribution < 1.29 is 19.1 Å². The van der Waals surface area contributed by atoms with Crippen molar-refractivity contribution >= 4 is 56.8 Å². The number of nitrogens with one attached hydrogen (secondary N) is 1. The maximum Gasteiger partial charge on any atom is 0.270 e. The van der Waals surface area contributed by atoms with Crippen molar-refractivity contribution in [1.82, 2.24) is 5.32 Å². The molecule has 2 amide bonds. The van der Waals surface area contributed by atoms with E-state index in [4.69, 9.17) is 28.1 Å². The third kappa shape index (κ3) is 4.37. The number of carbonyl (C=O) groups is 2. The van der Waals surface area contributed by atoms with Crippen LogP contribution in [0.3, 0.4) is 0 Å². The van der Waals surface area contributed by atoms with E-state index in [0.717, 1.165) is 5.56 Å². The van der Waals surface area contributed by atoms with Crippen LogP contribution in [0.25, 0.3) is 6.08 Å². The standard InChI is InChI=1S/C22H17BrN2O4S/c1-4-9-29-19-17(23)11-14(12-18(19)28-3)10-16-20(26)24-22(30)25(21(16)27)15-7-5-13(2)6-8-15/h1,5-8,10-12H,9H2,2-3H3,(H,24,26,30)/b16-10+. The molecular formula is C22H17BrN2O4S. The van der Waals surface area contributed by atoms with Crippen molar-refractivity contribution in [2.45, 2.75) is 6.92 Å². The molecule has 0 radical (unpaired) electrons. The Morgan fingerprint density at radius 3 is 2.60 bits per heavy atom. The number of nitrogens with zero attached hydrogens (tertiary/aromatic N) is 1. The van der Waals surface area contributed by atoms with Gasteiger partial charge in [0, 0.05) is 0 Å². The summed E-state index contributed by atoms with van der Waals surface area (Å²) in [7, 11) is 1.48. The van der Waals surface area contributed by atoms with Gasteiger partial charge in [-0.15, -0.1) is 6.42 Å². The second-order valence-corrected chi connectivity index (χ2v) is 7.56. The van der Waals surface area contributed by atoms with Crippen molar-refractivity contribution in [2.75, 3.05) is 18.6 Å². The molecule has 0 unspecified atom stereocenters. The summed E-state index contributed by atoms with van der Waals surface area (Å²) in [6, 6.07) is 10.6. The summed E-state index contributed by atoms with van der Waals surface area (Å²) in [5, 5.41) is 2.60. The Morgan fingerprint density at radius 1 is 1.27 bits per heavy atom. The number of benzene rings is 2. The number of amides is 2. The fourth-order valence-corrected chi connectivity index (χ4v) is 3.68. The van der Waals surface area contributed by atoms with Gasteiger partial charge in [-0.1, -0.05) is 23.6 Å². The second-order valence-electron chi connectivity index (χ2n) is 6.32. The lowest BCUT2D eigenvalue weighted by Crippen LogP contribution is -2.54. The molecule has 0 atom stereocenters. The number of thiocarbonyl (C=S) groups is 1. The molecule has 1 fully saturated rings. The van der Waals surface area contributed by atoms with Crippen LogP contribution in [0.4, 0.5) is 5.69 Å². The average molecular weight is 485 g/mol. The molecule has 0 aliphatic carbocycles. The van der Waals surface area contributed by atoms with Gasteiger partial charge in [0.15, 0.2) is 16.6 Å². The van der Waals surface area contributed by atoms with E-state index in [2.05, 4.69) is 27.2 Å². The number of carbonyl (C=O) groups excluding carboxylic acids is 2. The highest BCUT2D eigenvalue weighted by Gasteiger charge is 2.34. The van der Waals surface area contributed by atoms with Crippen molar-refractivity contribution in [1.29, 1.82) is 0 Å². The van der Waals surface area contributed by atoms with E-state index in [1.165, 1.54) is 18.1 Å². The van der Waals surface area contributed by atoms with Crippen LogP contribution in [0, 0.1) is 19.3 Å². The predicted octanol–water partition coefficient (Wildman–Crippen LogP) is 3.61. The zero-order valence-electron chi connectivity index (χ0n) is 16.2. The van der Waals surface area contributed by atoms with Crippen molar-refractivity contribution in [3.63, 3.8) is 0 Å². The minimum Gasteiger partial charge on any atom is -0.493 e. The lowest BCUT2D eigenvalue weighted by atomic mass is 10.1. The first kappa shape index (κ1) is 21.6. The van der Waals surface area contributed by atoms with E-state index in [1.54, 1.807) is 24.3 Å². The normalized spacial score (nSPS) is 15.1. The summed E-state index contributed by atoms with van der Waals surface area (Å²) < 4.78 is 11.4. The molecular weight excluding hydrogens is 468 g/mol. The number of rotatable bonds is 5. The molecule has 0 saturated carbocycles. The van der Waals surface area contributed by atoms with Crippen molar-refractivity contribution in [3.8, 4) is 23.8 Å². The molecule has 1 saturated heterocycles. The first-order valence-electron chi connectivity index (χ1n) is 8.77. The summed E-state index contributed by atoms with van der Waals surface area (Å²) in [4.78, 5) is 26.9. The van der Waals surface area contributed by atoms with E-state index < -0.39 is 11.8 Å². The highest BCUT2D eigenvalue weighted by molar-refractivity contribution is 9.10. The number of ether oxygens (including phenoxy) is 2. The molecule has 1 heterocycles. The van der Waals surface area contributed by atoms with Gasteiger partial charge in [0.2, 0.25) is 0 Å². The maximum absolute atomic E-state index is 13.1. The van der Waals surface area contributed by atoms with Crippen LogP contribution in [0.1, 0.15) is 11.1 Å². The van der Waals surface area contributed by atoms with E-state index in [-0.39, 0.29) is 17.3 Å². The van der Waals surface area contributed by atoms with Crippen molar-refractivity contribution in [3.05, 3.63) is 57.6 Å². The van der Waals surface area contributed by atoms with E-state index >= 15 is 0 Å². The third-order valence-corrected chi connectivity index (χ3v) is 5.13. The molecule has 6 nitrogen and oxygen atoms in total. The predicted molar refractivity (Wildman–Crippen MR) is 122 cm³/mol. The van der Waals surface area contributed by atoms with Gasteiger partial charge >= 0.3 is 0 Å². The zero-order valence-corrected chi connectivity index (χ0v) is 18.6.